The fraction of sp³-hybridized carbons (Fsp3) is 0.500. The van der Waals surface area contributed by atoms with Gasteiger partial charge in [-0.05, 0) is 31.0 Å². The Balaban J connectivity index is 2.17. The highest BCUT2D eigenvalue weighted by atomic mass is 16.5. The van der Waals surface area contributed by atoms with Gasteiger partial charge in [0.15, 0.2) is 11.5 Å². The Bertz CT molecular complexity index is 492. The summed E-state index contributed by atoms with van der Waals surface area (Å²) in [6.07, 6.45) is 1.60. The maximum absolute atomic E-state index is 12.5. The lowest BCUT2D eigenvalue weighted by Gasteiger charge is -2.38. The number of phenols is 2. The average Bonchev–Trinajstić information content (AvgIpc) is 2.48. The van der Waals surface area contributed by atoms with Gasteiger partial charge in [0, 0.05) is 31.8 Å². The van der Waals surface area contributed by atoms with Crippen LogP contribution in [0.5, 0.6) is 11.5 Å². The number of piperidine rings is 1. The zero-order valence-corrected chi connectivity index (χ0v) is 11.5. The van der Waals surface area contributed by atoms with Crippen molar-refractivity contribution in [1.82, 2.24) is 4.90 Å². The maximum Gasteiger partial charge on any atom is 0.254 e. The highest BCUT2D eigenvalue weighted by Crippen LogP contribution is 2.27. The van der Waals surface area contributed by atoms with E-state index in [1.165, 1.54) is 18.2 Å². The van der Waals surface area contributed by atoms with E-state index in [1.54, 1.807) is 12.0 Å². The van der Waals surface area contributed by atoms with E-state index >= 15 is 0 Å². The van der Waals surface area contributed by atoms with Crippen LogP contribution in [0.15, 0.2) is 18.2 Å². The van der Waals surface area contributed by atoms with Gasteiger partial charge in [-0.3, -0.25) is 4.79 Å². The molecule has 0 saturated carbocycles. The Morgan fingerprint density at radius 1 is 1.45 bits per heavy atom. The molecule has 0 bridgehead atoms. The van der Waals surface area contributed by atoms with Gasteiger partial charge < -0.3 is 25.6 Å². The number of aromatic hydroxyl groups is 2. The first kappa shape index (κ1) is 14.6. The number of hydrogen-bond donors (Lipinski definition) is 3. The number of amides is 1. The normalized spacial score (nSPS) is 22.8. The molecule has 0 spiro atoms. The van der Waals surface area contributed by atoms with Crippen LogP contribution in [0.4, 0.5) is 0 Å². The zero-order chi connectivity index (χ0) is 14.7. The smallest absolute Gasteiger partial charge is 0.254 e. The second-order valence-electron chi connectivity index (χ2n) is 4.97. The van der Waals surface area contributed by atoms with Crippen LogP contribution >= 0.6 is 0 Å². The molecular weight excluding hydrogens is 260 g/mol. The molecule has 1 aliphatic heterocycles. The van der Waals surface area contributed by atoms with Crippen LogP contribution in [0.3, 0.4) is 0 Å². The molecule has 1 aromatic rings. The van der Waals surface area contributed by atoms with Crippen molar-refractivity contribution in [3.63, 3.8) is 0 Å². The number of nitrogens with two attached hydrogens (primary N) is 1. The fourth-order valence-electron chi connectivity index (χ4n) is 2.54. The Morgan fingerprint density at radius 2 is 2.20 bits per heavy atom. The summed E-state index contributed by atoms with van der Waals surface area (Å²) in [5, 5.41) is 18.8. The summed E-state index contributed by atoms with van der Waals surface area (Å²) in [6.45, 7) is 0.941. The number of hydrogen-bond acceptors (Lipinski definition) is 5. The first-order valence-corrected chi connectivity index (χ1v) is 6.62. The predicted octanol–water partition coefficient (Wildman–Crippen LogP) is 0.676. The number of carbonyl (C=O) groups is 1. The van der Waals surface area contributed by atoms with Crippen molar-refractivity contribution in [2.75, 3.05) is 20.2 Å². The molecule has 1 fully saturated rings. The third-order valence-electron chi connectivity index (χ3n) is 3.76. The molecule has 1 heterocycles. The third-order valence-corrected chi connectivity index (χ3v) is 3.76. The van der Waals surface area contributed by atoms with Crippen molar-refractivity contribution in [2.24, 2.45) is 5.73 Å². The van der Waals surface area contributed by atoms with Crippen molar-refractivity contribution >= 4 is 5.91 Å². The minimum absolute atomic E-state index is 0.0721. The molecule has 1 aromatic carbocycles. The van der Waals surface area contributed by atoms with Gasteiger partial charge in [-0.15, -0.1) is 0 Å². The molecule has 2 unspecified atom stereocenters. The number of phenolic OH excluding ortho intramolecular Hbond substituents is 2. The van der Waals surface area contributed by atoms with Gasteiger partial charge in [-0.1, -0.05) is 0 Å². The molecule has 4 N–H and O–H groups in total. The molecule has 1 aliphatic rings. The van der Waals surface area contributed by atoms with Gasteiger partial charge in [-0.25, -0.2) is 0 Å². The summed E-state index contributed by atoms with van der Waals surface area (Å²) in [5.41, 5.74) is 6.08. The Kier molecular flexibility index (Phi) is 4.46. The summed E-state index contributed by atoms with van der Waals surface area (Å²) in [4.78, 5) is 14.2. The van der Waals surface area contributed by atoms with E-state index in [1.807, 2.05) is 0 Å². The molecule has 1 saturated heterocycles. The Hall–Kier alpha value is -1.79. The first-order valence-electron chi connectivity index (χ1n) is 6.62. The number of methoxy groups -OCH3 is 1. The largest absolute Gasteiger partial charge is 0.504 e. The van der Waals surface area contributed by atoms with Crippen LogP contribution in [0, 0.1) is 0 Å². The minimum Gasteiger partial charge on any atom is -0.504 e. The highest BCUT2D eigenvalue weighted by molar-refractivity contribution is 5.95. The molecule has 2 rings (SSSR count). The van der Waals surface area contributed by atoms with Crippen LogP contribution in [-0.4, -0.2) is 53.4 Å². The molecule has 110 valence electrons. The molecule has 6 heteroatoms. The van der Waals surface area contributed by atoms with E-state index in [9.17, 15) is 15.0 Å². The summed E-state index contributed by atoms with van der Waals surface area (Å²) in [5.74, 6) is -0.729. The van der Waals surface area contributed by atoms with E-state index in [2.05, 4.69) is 0 Å². The van der Waals surface area contributed by atoms with E-state index < -0.39 is 0 Å². The second kappa shape index (κ2) is 6.11. The van der Waals surface area contributed by atoms with Gasteiger partial charge in [0.1, 0.15) is 0 Å². The molecule has 0 aromatic heterocycles. The van der Waals surface area contributed by atoms with Gasteiger partial charge in [-0.2, -0.15) is 0 Å². The number of rotatable bonds is 3. The number of nitrogens with zero attached hydrogens (tertiary/aromatic N) is 1. The molecule has 6 nitrogen and oxygen atoms in total. The van der Waals surface area contributed by atoms with Crippen molar-refractivity contribution in [1.29, 1.82) is 0 Å². The van der Waals surface area contributed by atoms with Gasteiger partial charge >= 0.3 is 0 Å². The highest BCUT2D eigenvalue weighted by Gasteiger charge is 2.31. The van der Waals surface area contributed by atoms with Crippen LogP contribution in [0.2, 0.25) is 0 Å². The molecule has 0 radical (unpaired) electrons. The van der Waals surface area contributed by atoms with Gasteiger partial charge in [0.25, 0.3) is 5.91 Å². The van der Waals surface area contributed by atoms with Crippen molar-refractivity contribution in [3.05, 3.63) is 23.8 Å². The second-order valence-corrected chi connectivity index (χ2v) is 4.97. The van der Waals surface area contributed by atoms with E-state index in [0.717, 1.165) is 6.42 Å². The van der Waals surface area contributed by atoms with Gasteiger partial charge in [0.2, 0.25) is 0 Å². The van der Waals surface area contributed by atoms with E-state index in [-0.39, 0.29) is 29.6 Å². The number of carbonyl (C=O) groups excluding carboxylic acids is 1. The van der Waals surface area contributed by atoms with Crippen LogP contribution in [0.1, 0.15) is 23.2 Å². The number of likely N-dealkylation sites (tertiary alicyclic amines) is 1. The molecule has 0 aliphatic carbocycles. The van der Waals surface area contributed by atoms with Crippen LogP contribution in [0.25, 0.3) is 0 Å². The predicted molar refractivity (Wildman–Crippen MR) is 73.7 cm³/mol. The lowest BCUT2D eigenvalue weighted by Crippen LogP contribution is -2.51. The van der Waals surface area contributed by atoms with Crippen LogP contribution in [-0.2, 0) is 4.74 Å². The van der Waals surface area contributed by atoms with Crippen molar-refractivity contribution in [2.45, 2.75) is 25.0 Å². The first-order chi connectivity index (χ1) is 9.56. The number of ether oxygens (including phenoxy) is 1. The van der Waals surface area contributed by atoms with Gasteiger partial charge in [0.05, 0.1) is 6.10 Å². The molecular formula is C14H20N2O4. The summed E-state index contributed by atoms with van der Waals surface area (Å²) in [6, 6.07) is 4.00. The number of benzene rings is 1. The van der Waals surface area contributed by atoms with Crippen molar-refractivity contribution < 1.29 is 19.7 Å². The summed E-state index contributed by atoms with van der Waals surface area (Å²) < 4.78 is 5.33. The quantitative estimate of drug-likeness (QED) is 0.707. The third kappa shape index (κ3) is 2.86. The summed E-state index contributed by atoms with van der Waals surface area (Å²) in [7, 11) is 1.66. The standard InChI is InChI=1S/C14H20N2O4/c1-20-11-4-5-16(10(7-11)8-15)14(19)9-2-3-12(17)13(18)6-9/h2-3,6,10-11,17-18H,4-5,7-8,15H2,1H3. The molecule has 1 amide bonds. The summed E-state index contributed by atoms with van der Waals surface area (Å²) >= 11 is 0. The lowest BCUT2D eigenvalue weighted by molar-refractivity contribution is 0.0139. The maximum atomic E-state index is 12.5. The Morgan fingerprint density at radius 3 is 2.80 bits per heavy atom. The zero-order valence-electron chi connectivity index (χ0n) is 11.5. The molecule has 20 heavy (non-hydrogen) atoms. The average molecular weight is 280 g/mol. The fourth-order valence-corrected chi connectivity index (χ4v) is 2.54. The van der Waals surface area contributed by atoms with Crippen molar-refractivity contribution in [3.8, 4) is 11.5 Å². The Labute approximate surface area is 117 Å². The topological polar surface area (TPSA) is 96.0 Å². The van der Waals surface area contributed by atoms with E-state index in [0.29, 0.717) is 25.1 Å². The lowest BCUT2D eigenvalue weighted by atomic mass is 9.98. The SMILES string of the molecule is COC1CCN(C(=O)c2ccc(O)c(O)c2)C(CN)C1. The van der Waals surface area contributed by atoms with Crippen LogP contribution < -0.4 is 5.73 Å². The minimum atomic E-state index is -0.299. The monoisotopic (exact) mass is 280 g/mol. The van der Waals surface area contributed by atoms with E-state index in [4.69, 9.17) is 10.5 Å². The molecule has 2 atom stereocenters.